The molecule has 0 aliphatic carbocycles. The van der Waals surface area contributed by atoms with Gasteiger partial charge in [-0.25, -0.2) is 4.98 Å². The van der Waals surface area contributed by atoms with E-state index in [0.29, 0.717) is 9.38 Å². The number of fused-ring (bicyclic) bond motifs is 1. The first-order chi connectivity index (χ1) is 10.7. The topological polar surface area (TPSA) is 56.9 Å². The number of para-hydroxylation sites is 1. The van der Waals surface area contributed by atoms with Crippen LogP contribution in [0.25, 0.3) is 16.3 Å². The predicted molar refractivity (Wildman–Crippen MR) is 94.9 cm³/mol. The molecule has 1 N–H and O–H groups in total. The van der Waals surface area contributed by atoms with E-state index in [0.717, 1.165) is 20.1 Å². The first-order valence-electron chi connectivity index (χ1n) is 6.29. The highest BCUT2D eigenvalue weighted by molar-refractivity contribution is 9.10. The molecule has 0 radical (unpaired) electrons. The van der Waals surface area contributed by atoms with Crippen LogP contribution in [0, 0.1) is 11.3 Å². The molecule has 6 heteroatoms. The summed E-state index contributed by atoms with van der Waals surface area (Å²) >= 11 is 6.19. The minimum absolute atomic E-state index is 0.175. The van der Waals surface area contributed by atoms with E-state index in [2.05, 4.69) is 27.0 Å². The van der Waals surface area contributed by atoms with E-state index in [1.165, 1.54) is 11.8 Å². The number of hydrogen-bond donors (Lipinski definition) is 1. The van der Waals surface area contributed by atoms with Crippen molar-refractivity contribution in [3.05, 3.63) is 57.4 Å². The molecule has 0 aliphatic rings. The molecule has 2 aromatic carbocycles. The van der Waals surface area contributed by atoms with Crippen LogP contribution in [0.15, 0.2) is 56.2 Å². The van der Waals surface area contributed by atoms with Gasteiger partial charge < -0.3 is 5.11 Å². The molecular formula is C16H9BrN2OS2. The summed E-state index contributed by atoms with van der Waals surface area (Å²) in [5.74, 6) is 0.175. The highest BCUT2D eigenvalue weighted by Gasteiger charge is 2.07. The summed E-state index contributed by atoms with van der Waals surface area (Å²) in [5.41, 5.74) is 1.79. The molecular weight excluding hydrogens is 380 g/mol. The molecule has 0 aliphatic heterocycles. The van der Waals surface area contributed by atoms with Crippen LogP contribution >= 0.6 is 39.0 Å². The number of allylic oxidation sites excluding steroid dienone is 1. The van der Waals surface area contributed by atoms with Crippen molar-refractivity contribution in [2.75, 3.05) is 0 Å². The largest absolute Gasteiger partial charge is 0.507 e. The lowest BCUT2D eigenvalue weighted by atomic mass is 10.2. The van der Waals surface area contributed by atoms with E-state index >= 15 is 0 Å². The summed E-state index contributed by atoms with van der Waals surface area (Å²) in [6.45, 7) is 0. The summed E-state index contributed by atoms with van der Waals surface area (Å²) in [7, 11) is 0. The van der Waals surface area contributed by atoms with Gasteiger partial charge in [0, 0.05) is 0 Å². The summed E-state index contributed by atoms with van der Waals surface area (Å²) < 4.78 is 2.55. The second-order valence-electron chi connectivity index (χ2n) is 4.38. The van der Waals surface area contributed by atoms with Crippen LogP contribution in [0.4, 0.5) is 0 Å². The van der Waals surface area contributed by atoms with Crippen molar-refractivity contribution in [3.63, 3.8) is 0 Å². The van der Waals surface area contributed by atoms with Crippen LogP contribution in [0.5, 0.6) is 5.75 Å². The Morgan fingerprint density at radius 3 is 2.86 bits per heavy atom. The highest BCUT2D eigenvalue weighted by atomic mass is 79.9. The highest BCUT2D eigenvalue weighted by Crippen LogP contribution is 2.35. The summed E-state index contributed by atoms with van der Waals surface area (Å²) in [5, 5.41) is 18.8. The molecule has 0 saturated carbocycles. The van der Waals surface area contributed by atoms with E-state index in [4.69, 9.17) is 0 Å². The molecule has 3 rings (SSSR count). The van der Waals surface area contributed by atoms with Gasteiger partial charge in [-0.05, 0) is 63.6 Å². The molecule has 3 nitrogen and oxygen atoms in total. The van der Waals surface area contributed by atoms with Crippen LogP contribution in [-0.2, 0) is 0 Å². The van der Waals surface area contributed by atoms with Crippen LogP contribution in [0.3, 0.4) is 0 Å². The van der Waals surface area contributed by atoms with E-state index in [9.17, 15) is 10.4 Å². The first kappa shape index (κ1) is 15.1. The maximum absolute atomic E-state index is 9.50. The van der Waals surface area contributed by atoms with Crippen LogP contribution in [-0.4, -0.2) is 10.1 Å². The van der Waals surface area contributed by atoms with Gasteiger partial charge >= 0.3 is 0 Å². The van der Waals surface area contributed by atoms with Crippen LogP contribution < -0.4 is 0 Å². The lowest BCUT2D eigenvalue weighted by Gasteiger charge is -1.99. The fourth-order valence-corrected chi connectivity index (χ4v) is 4.21. The molecule has 3 aromatic rings. The van der Waals surface area contributed by atoms with Gasteiger partial charge in [0.05, 0.1) is 19.6 Å². The second-order valence-corrected chi connectivity index (χ2v) is 7.55. The average Bonchev–Trinajstić information content (AvgIpc) is 2.92. The summed E-state index contributed by atoms with van der Waals surface area (Å²) in [6, 6.07) is 15.2. The molecule has 0 bridgehead atoms. The third kappa shape index (κ3) is 3.33. The number of thioether (sulfide) groups is 1. The van der Waals surface area contributed by atoms with Crippen molar-refractivity contribution in [1.29, 1.82) is 5.26 Å². The number of nitrogens with zero attached hydrogens (tertiary/aromatic N) is 2. The zero-order chi connectivity index (χ0) is 15.5. The maximum Gasteiger partial charge on any atom is 0.156 e. The SMILES string of the molecule is N#C/C(=C\c1ccc(O)c(Br)c1)Sc1nc2ccccc2s1. The standard InChI is InChI=1S/C16H9BrN2OS2/c17-12-8-10(5-6-14(12)20)7-11(9-18)21-16-19-13-3-1-2-4-15(13)22-16/h1-8,20H/b11-7+. The van der Waals surface area contributed by atoms with Crippen molar-refractivity contribution >= 4 is 55.3 Å². The monoisotopic (exact) mass is 388 g/mol. The number of halogens is 1. The van der Waals surface area contributed by atoms with Crippen molar-refractivity contribution < 1.29 is 5.11 Å². The van der Waals surface area contributed by atoms with Gasteiger partial charge in [0.1, 0.15) is 11.8 Å². The van der Waals surface area contributed by atoms with Gasteiger partial charge in [-0.2, -0.15) is 5.26 Å². The van der Waals surface area contributed by atoms with Crippen molar-refractivity contribution in [1.82, 2.24) is 4.98 Å². The molecule has 1 aromatic heterocycles. The molecule has 1 heterocycles. The summed E-state index contributed by atoms with van der Waals surface area (Å²) in [4.78, 5) is 5.07. The van der Waals surface area contributed by atoms with Gasteiger partial charge in [0.25, 0.3) is 0 Å². The van der Waals surface area contributed by atoms with Crippen LogP contribution in [0.2, 0.25) is 0 Å². The number of nitriles is 1. The first-order valence-corrected chi connectivity index (χ1v) is 8.72. The van der Waals surface area contributed by atoms with Crippen molar-refractivity contribution in [2.24, 2.45) is 0 Å². The average molecular weight is 389 g/mol. The zero-order valence-corrected chi connectivity index (χ0v) is 14.4. The molecule has 0 amide bonds. The predicted octanol–water partition coefficient (Wildman–Crippen LogP) is 5.42. The number of phenols is 1. The zero-order valence-electron chi connectivity index (χ0n) is 11.2. The van der Waals surface area contributed by atoms with E-state index in [1.54, 1.807) is 35.6 Å². The number of rotatable bonds is 3. The van der Waals surface area contributed by atoms with E-state index in [-0.39, 0.29) is 5.75 Å². The smallest absolute Gasteiger partial charge is 0.156 e. The Balaban J connectivity index is 1.89. The molecule has 108 valence electrons. The number of phenolic OH excluding ortho intramolecular Hbond substituents is 1. The Morgan fingerprint density at radius 1 is 1.32 bits per heavy atom. The number of thiazole rings is 1. The van der Waals surface area contributed by atoms with Gasteiger partial charge in [-0.15, -0.1) is 11.3 Å². The van der Waals surface area contributed by atoms with Crippen molar-refractivity contribution in [2.45, 2.75) is 4.34 Å². The Labute approximate surface area is 144 Å². The lowest BCUT2D eigenvalue weighted by molar-refractivity contribution is 0.472. The molecule has 0 saturated heterocycles. The van der Waals surface area contributed by atoms with E-state index < -0.39 is 0 Å². The minimum atomic E-state index is 0.175. The second kappa shape index (κ2) is 6.53. The maximum atomic E-state index is 9.50. The van der Waals surface area contributed by atoms with Gasteiger partial charge in [0.2, 0.25) is 0 Å². The molecule has 0 spiro atoms. The van der Waals surface area contributed by atoms with E-state index in [1.807, 2.05) is 24.3 Å². The fourth-order valence-electron chi connectivity index (χ4n) is 1.84. The third-order valence-electron chi connectivity index (χ3n) is 2.85. The van der Waals surface area contributed by atoms with Gasteiger partial charge in [-0.1, -0.05) is 18.2 Å². The number of benzene rings is 2. The van der Waals surface area contributed by atoms with Gasteiger partial charge in [0.15, 0.2) is 4.34 Å². The molecule has 0 atom stereocenters. The molecule has 0 fully saturated rings. The molecule has 22 heavy (non-hydrogen) atoms. The Morgan fingerprint density at radius 2 is 2.14 bits per heavy atom. The van der Waals surface area contributed by atoms with Crippen molar-refractivity contribution in [3.8, 4) is 11.8 Å². The molecule has 0 unspecified atom stereocenters. The minimum Gasteiger partial charge on any atom is -0.507 e. The Bertz CT molecular complexity index is 879. The quantitative estimate of drug-likeness (QED) is 0.480. The Kier molecular flexibility index (Phi) is 4.48. The lowest BCUT2D eigenvalue weighted by Crippen LogP contribution is -1.77. The van der Waals surface area contributed by atoms with Gasteiger partial charge in [-0.3, -0.25) is 0 Å². The third-order valence-corrected chi connectivity index (χ3v) is 5.51. The Hall–Kier alpha value is -1.81. The summed E-state index contributed by atoms with van der Waals surface area (Å²) in [6.07, 6.45) is 1.78. The number of hydrogen-bond acceptors (Lipinski definition) is 5. The normalized spacial score (nSPS) is 11.5. The fraction of sp³-hybridized carbons (Fsp3) is 0. The number of aromatic nitrogens is 1. The number of aromatic hydroxyl groups is 1. The van der Waals surface area contributed by atoms with Crippen LogP contribution in [0.1, 0.15) is 5.56 Å².